The molecule has 0 spiro atoms. The Morgan fingerprint density at radius 3 is 2.07 bits per heavy atom. The second-order valence-corrected chi connectivity index (χ2v) is 8.79. The van der Waals surface area contributed by atoms with Crippen LogP contribution in [0.2, 0.25) is 0 Å². The minimum absolute atomic E-state index is 0.0849. The first kappa shape index (κ1) is 20.2. The molecule has 6 nitrogen and oxygen atoms in total. The van der Waals surface area contributed by atoms with Crippen LogP contribution in [0.4, 0.5) is 0 Å². The number of amides is 2. The van der Waals surface area contributed by atoms with Crippen LogP contribution in [0.1, 0.15) is 36.8 Å². The lowest BCUT2D eigenvalue weighted by atomic mass is 9.94. The molecule has 2 amide bonds. The van der Waals surface area contributed by atoms with Crippen molar-refractivity contribution in [3.05, 3.63) is 29.3 Å². The predicted molar refractivity (Wildman–Crippen MR) is 112 cm³/mol. The number of methoxy groups -OCH3 is 1. The summed E-state index contributed by atoms with van der Waals surface area (Å²) in [6.45, 7) is 7.81. The smallest absolute Gasteiger partial charge is 0.225 e. The summed E-state index contributed by atoms with van der Waals surface area (Å²) < 4.78 is 5.51. The van der Waals surface area contributed by atoms with Gasteiger partial charge in [-0.1, -0.05) is 17.7 Å². The van der Waals surface area contributed by atoms with E-state index in [2.05, 4.69) is 24.0 Å². The molecular formula is C23H33N3O3. The molecule has 1 aromatic rings. The van der Waals surface area contributed by atoms with Crippen molar-refractivity contribution in [1.82, 2.24) is 14.7 Å². The minimum atomic E-state index is 0.0849. The minimum Gasteiger partial charge on any atom is -0.496 e. The molecule has 6 heteroatoms. The molecule has 4 rings (SSSR count). The number of hydrogen-bond acceptors (Lipinski definition) is 4. The van der Waals surface area contributed by atoms with Gasteiger partial charge in [0.05, 0.1) is 7.11 Å². The average Bonchev–Trinajstić information content (AvgIpc) is 3.59. The van der Waals surface area contributed by atoms with E-state index in [9.17, 15) is 9.59 Å². The van der Waals surface area contributed by atoms with Gasteiger partial charge in [0.15, 0.2) is 0 Å². The fraction of sp³-hybridized carbons (Fsp3) is 0.652. The highest BCUT2D eigenvalue weighted by molar-refractivity contribution is 5.82. The number of nitrogens with zero attached hydrogens (tertiary/aromatic N) is 3. The van der Waals surface area contributed by atoms with Crippen LogP contribution in [-0.2, 0) is 16.1 Å². The van der Waals surface area contributed by atoms with E-state index in [0.717, 1.165) is 77.2 Å². The van der Waals surface area contributed by atoms with Gasteiger partial charge in [-0.05, 0) is 38.7 Å². The third-order valence-corrected chi connectivity index (χ3v) is 6.60. The first-order chi connectivity index (χ1) is 14.0. The maximum atomic E-state index is 13.0. The molecule has 1 saturated carbocycles. The van der Waals surface area contributed by atoms with Gasteiger partial charge in [-0.2, -0.15) is 0 Å². The SMILES string of the molecule is COc1ccc(C)cc1CN1CCN(C(=O)C2CCN(C(=O)C3CC3)CC2)CC1. The molecule has 0 bridgehead atoms. The summed E-state index contributed by atoms with van der Waals surface area (Å²) in [5, 5.41) is 0. The predicted octanol–water partition coefficient (Wildman–Crippen LogP) is 2.30. The molecule has 29 heavy (non-hydrogen) atoms. The maximum Gasteiger partial charge on any atom is 0.225 e. The van der Waals surface area contributed by atoms with Gasteiger partial charge in [0, 0.05) is 63.2 Å². The van der Waals surface area contributed by atoms with Crippen LogP contribution in [-0.4, -0.2) is 72.9 Å². The van der Waals surface area contributed by atoms with E-state index >= 15 is 0 Å². The van der Waals surface area contributed by atoms with Crippen LogP contribution >= 0.6 is 0 Å². The zero-order chi connectivity index (χ0) is 20.4. The van der Waals surface area contributed by atoms with Crippen molar-refractivity contribution in [1.29, 1.82) is 0 Å². The third-order valence-electron chi connectivity index (χ3n) is 6.60. The molecule has 0 radical (unpaired) electrons. The highest BCUT2D eigenvalue weighted by Crippen LogP contribution is 2.32. The normalized spacial score (nSPS) is 21.3. The van der Waals surface area contributed by atoms with E-state index in [0.29, 0.717) is 5.91 Å². The molecule has 0 N–H and O–H groups in total. The summed E-state index contributed by atoms with van der Waals surface area (Å²) in [6, 6.07) is 6.29. The summed E-state index contributed by atoms with van der Waals surface area (Å²) >= 11 is 0. The second kappa shape index (κ2) is 8.74. The first-order valence-electron chi connectivity index (χ1n) is 11.0. The van der Waals surface area contributed by atoms with Crippen molar-refractivity contribution in [3.8, 4) is 5.75 Å². The number of aryl methyl sites for hydroxylation is 1. The third kappa shape index (κ3) is 4.74. The van der Waals surface area contributed by atoms with Gasteiger partial charge in [0.2, 0.25) is 11.8 Å². The Bertz CT molecular complexity index is 746. The highest BCUT2D eigenvalue weighted by Gasteiger charge is 2.37. The van der Waals surface area contributed by atoms with Crippen molar-refractivity contribution in [2.45, 2.75) is 39.2 Å². The van der Waals surface area contributed by atoms with Crippen LogP contribution in [0, 0.1) is 18.8 Å². The number of rotatable bonds is 5. The van der Waals surface area contributed by atoms with E-state index < -0.39 is 0 Å². The lowest BCUT2D eigenvalue weighted by molar-refractivity contribution is -0.142. The Labute approximate surface area is 173 Å². The summed E-state index contributed by atoms with van der Waals surface area (Å²) in [5.74, 6) is 1.90. The lowest BCUT2D eigenvalue weighted by Gasteiger charge is -2.38. The van der Waals surface area contributed by atoms with Gasteiger partial charge in [0.1, 0.15) is 5.75 Å². The molecule has 2 saturated heterocycles. The standard InChI is InChI=1S/C23H33N3O3/c1-17-3-6-21(29-2)20(15-17)16-24-11-13-26(14-12-24)23(28)19-7-9-25(10-8-19)22(27)18-4-5-18/h3,6,15,18-19H,4-5,7-14,16H2,1-2H3. The number of carbonyl (C=O) groups excluding carboxylic acids is 2. The molecule has 1 aromatic carbocycles. The van der Waals surface area contributed by atoms with Gasteiger partial charge in [0.25, 0.3) is 0 Å². The number of benzene rings is 1. The summed E-state index contributed by atoms with van der Waals surface area (Å²) in [7, 11) is 1.72. The average molecular weight is 400 g/mol. The summed E-state index contributed by atoms with van der Waals surface area (Å²) in [5.41, 5.74) is 2.45. The molecule has 3 fully saturated rings. The molecule has 158 valence electrons. The van der Waals surface area contributed by atoms with Gasteiger partial charge in [-0.3, -0.25) is 14.5 Å². The second-order valence-electron chi connectivity index (χ2n) is 8.79. The van der Waals surface area contributed by atoms with Gasteiger partial charge in [-0.25, -0.2) is 0 Å². The molecule has 3 aliphatic rings. The van der Waals surface area contributed by atoms with Crippen molar-refractivity contribution in [2.75, 3.05) is 46.4 Å². The van der Waals surface area contributed by atoms with Gasteiger partial charge in [-0.15, -0.1) is 0 Å². The number of piperazine rings is 1. The molecular weight excluding hydrogens is 366 g/mol. The number of piperidine rings is 1. The Morgan fingerprint density at radius 2 is 1.48 bits per heavy atom. The van der Waals surface area contributed by atoms with Crippen molar-refractivity contribution in [2.24, 2.45) is 11.8 Å². The van der Waals surface area contributed by atoms with Crippen molar-refractivity contribution < 1.29 is 14.3 Å². The van der Waals surface area contributed by atoms with E-state index in [1.54, 1.807) is 7.11 Å². The van der Waals surface area contributed by atoms with Gasteiger partial charge < -0.3 is 14.5 Å². The largest absolute Gasteiger partial charge is 0.496 e. The molecule has 0 atom stereocenters. The van der Waals surface area contributed by atoms with E-state index in [1.807, 2.05) is 15.9 Å². The molecule has 2 heterocycles. The maximum absolute atomic E-state index is 13.0. The number of likely N-dealkylation sites (tertiary alicyclic amines) is 1. The molecule has 0 aromatic heterocycles. The van der Waals surface area contributed by atoms with E-state index in [-0.39, 0.29) is 17.7 Å². The lowest BCUT2D eigenvalue weighted by Crippen LogP contribution is -2.51. The first-order valence-corrected chi connectivity index (χ1v) is 11.0. The Kier molecular flexibility index (Phi) is 6.09. The van der Waals surface area contributed by atoms with Crippen LogP contribution in [0.3, 0.4) is 0 Å². The van der Waals surface area contributed by atoms with E-state index in [1.165, 1.54) is 11.1 Å². The van der Waals surface area contributed by atoms with Crippen molar-refractivity contribution in [3.63, 3.8) is 0 Å². The summed E-state index contributed by atoms with van der Waals surface area (Å²) in [4.78, 5) is 31.6. The Balaban J connectivity index is 1.25. The quantitative estimate of drug-likeness (QED) is 0.762. The molecule has 1 aliphatic carbocycles. The molecule has 2 aliphatic heterocycles. The van der Waals surface area contributed by atoms with E-state index in [4.69, 9.17) is 4.74 Å². The zero-order valence-electron chi connectivity index (χ0n) is 17.7. The zero-order valence-corrected chi connectivity index (χ0v) is 17.7. The monoisotopic (exact) mass is 399 g/mol. The number of hydrogen-bond donors (Lipinski definition) is 0. The fourth-order valence-corrected chi connectivity index (χ4v) is 4.59. The van der Waals surface area contributed by atoms with Crippen LogP contribution in [0.5, 0.6) is 5.75 Å². The summed E-state index contributed by atoms with van der Waals surface area (Å²) in [6.07, 6.45) is 3.74. The Morgan fingerprint density at radius 1 is 0.897 bits per heavy atom. The highest BCUT2D eigenvalue weighted by atomic mass is 16.5. The van der Waals surface area contributed by atoms with Gasteiger partial charge >= 0.3 is 0 Å². The van der Waals surface area contributed by atoms with Crippen LogP contribution in [0.15, 0.2) is 18.2 Å². The molecule has 0 unspecified atom stereocenters. The number of carbonyl (C=O) groups is 2. The number of ether oxygens (including phenoxy) is 1. The topological polar surface area (TPSA) is 53.1 Å². The fourth-order valence-electron chi connectivity index (χ4n) is 4.59. The van der Waals surface area contributed by atoms with Crippen LogP contribution in [0.25, 0.3) is 0 Å². The Hall–Kier alpha value is -2.08. The van der Waals surface area contributed by atoms with Crippen molar-refractivity contribution >= 4 is 11.8 Å². The van der Waals surface area contributed by atoms with Crippen LogP contribution < -0.4 is 4.74 Å².